The number of nitrogens with zero attached hydrogens (tertiary/aromatic N) is 2. The van der Waals surface area contributed by atoms with Crippen LogP contribution in [0.3, 0.4) is 0 Å². The normalized spacial score (nSPS) is 12.3. The van der Waals surface area contributed by atoms with E-state index in [2.05, 4.69) is 15.0 Å². The molecule has 0 aromatic heterocycles. The van der Waals surface area contributed by atoms with Crippen molar-refractivity contribution >= 4 is 27.6 Å². The summed E-state index contributed by atoms with van der Waals surface area (Å²) in [6.45, 7) is 5.65. The zero-order valence-electron chi connectivity index (χ0n) is 13.8. The Morgan fingerprint density at radius 3 is 2.70 bits per heavy atom. The van der Waals surface area contributed by atoms with Gasteiger partial charge in [-0.1, -0.05) is 23.7 Å². The molecule has 1 rings (SSSR count). The molecule has 0 heterocycles. The lowest BCUT2D eigenvalue weighted by Crippen LogP contribution is -2.39. The SMILES string of the molecule is CCNC(=NCCNS(=O)(=O)CC)N(C)Cc1cccc(Cl)c1. The highest BCUT2D eigenvalue weighted by Crippen LogP contribution is 2.12. The standard InChI is InChI=1S/C15H25ClN4O2S/c1-4-17-15(18-9-10-19-23(21,22)5-2)20(3)12-13-7-6-8-14(16)11-13/h6-8,11,19H,4-5,9-10,12H2,1-3H3,(H,17,18). The molecule has 0 radical (unpaired) electrons. The van der Waals surface area contributed by atoms with Crippen molar-refractivity contribution in [2.45, 2.75) is 20.4 Å². The van der Waals surface area contributed by atoms with E-state index in [1.807, 2.05) is 43.1 Å². The first-order valence-corrected chi connectivity index (χ1v) is 9.62. The van der Waals surface area contributed by atoms with E-state index in [0.29, 0.717) is 18.1 Å². The Morgan fingerprint density at radius 2 is 2.09 bits per heavy atom. The Kier molecular flexibility index (Phi) is 8.36. The molecule has 8 heteroatoms. The van der Waals surface area contributed by atoms with Gasteiger partial charge in [0, 0.05) is 31.7 Å². The second-order valence-electron chi connectivity index (χ2n) is 5.02. The van der Waals surface area contributed by atoms with Crippen LogP contribution in [0.1, 0.15) is 19.4 Å². The maximum atomic E-state index is 11.4. The molecular formula is C15H25ClN4O2S. The van der Waals surface area contributed by atoms with Gasteiger partial charge in [0.15, 0.2) is 5.96 Å². The summed E-state index contributed by atoms with van der Waals surface area (Å²) >= 11 is 6.00. The molecule has 130 valence electrons. The van der Waals surface area contributed by atoms with Crippen molar-refractivity contribution in [3.63, 3.8) is 0 Å². The molecule has 1 aromatic rings. The minimum atomic E-state index is -3.17. The molecule has 0 aliphatic carbocycles. The Hall–Kier alpha value is -1.31. The van der Waals surface area contributed by atoms with Crippen molar-refractivity contribution in [3.8, 4) is 0 Å². The van der Waals surface area contributed by atoms with Crippen LogP contribution in [0.5, 0.6) is 0 Å². The lowest BCUT2D eigenvalue weighted by atomic mass is 10.2. The molecule has 0 saturated heterocycles. The van der Waals surface area contributed by atoms with Crippen LogP contribution in [-0.4, -0.2) is 51.7 Å². The smallest absolute Gasteiger partial charge is 0.211 e. The molecule has 0 aliphatic rings. The summed E-state index contributed by atoms with van der Waals surface area (Å²) < 4.78 is 25.3. The van der Waals surface area contributed by atoms with E-state index in [0.717, 1.165) is 18.1 Å². The van der Waals surface area contributed by atoms with Gasteiger partial charge in [-0.25, -0.2) is 13.1 Å². The van der Waals surface area contributed by atoms with Gasteiger partial charge in [0.1, 0.15) is 0 Å². The number of halogens is 1. The molecule has 0 unspecified atom stereocenters. The summed E-state index contributed by atoms with van der Waals surface area (Å²) in [5, 5.41) is 3.90. The second-order valence-corrected chi connectivity index (χ2v) is 7.55. The maximum Gasteiger partial charge on any atom is 0.211 e. The quantitative estimate of drug-likeness (QED) is 0.420. The van der Waals surface area contributed by atoms with Gasteiger partial charge in [0.05, 0.1) is 12.3 Å². The summed E-state index contributed by atoms with van der Waals surface area (Å²) in [5.41, 5.74) is 1.08. The van der Waals surface area contributed by atoms with Crippen molar-refractivity contribution in [2.75, 3.05) is 32.4 Å². The van der Waals surface area contributed by atoms with Gasteiger partial charge >= 0.3 is 0 Å². The van der Waals surface area contributed by atoms with Gasteiger partial charge in [-0.2, -0.15) is 0 Å². The third kappa shape index (κ3) is 7.67. The van der Waals surface area contributed by atoms with Crippen LogP contribution >= 0.6 is 11.6 Å². The number of aliphatic imine (C=N–C) groups is 1. The molecular weight excluding hydrogens is 336 g/mol. The lowest BCUT2D eigenvalue weighted by molar-refractivity contribution is 0.477. The highest BCUT2D eigenvalue weighted by Gasteiger charge is 2.08. The van der Waals surface area contributed by atoms with Gasteiger partial charge in [-0.05, 0) is 31.5 Å². The fourth-order valence-electron chi connectivity index (χ4n) is 1.92. The summed E-state index contributed by atoms with van der Waals surface area (Å²) in [7, 11) is -1.24. The maximum absolute atomic E-state index is 11.4. The van der Waals surface area contributed by atoms with E-state index >= 15 is 0 Å². The first-order valence-electron chi connectivity index (χ1n) is 7.59. The van der Waals surface area contributed by atoms with Crippen molar-refractivity contribution in [1.29, 1.82) is 0 Å². The van der Waals surface area contributed by atoms with Crippen LogP contribution in [0.2, 0.25) is 5.02 Å². The van der Waals surface area contributed by atoms with Gasteiger partial charge < -0.3 is 10.2 Å². The van der Waals surface area contributed by atoms with E-state index in [-0.39, 0.29) is 12.3 Å². The number of sulfonamides is 1. The van der Waals surface area contributed by atoms with Crippen molar-refractivity contribution < 1.29 is 8.42 Å². The molecule has 0 bridgehead atoms. The Balaban J connectivity index is 2.63. The van der Waals surface area contributed by atoms with E-state index in [1.165, 1.54) is 0 Å². The molecule has 23 heavy (non-hydrogen) atoms. The number of nitrogens with one attached hydrogen (secondary N) is 2. The molecule has 0 amide bonds. The van der Waals surface area contributed by atoms with E-state index < -0.39 is 10.0 Å². The summed E-state index contributed by atoms with van der Waals surface area (Å²) in [6, 6.07) is 7.66. The zero-order chi connectivity index (χ0) is 17.3. The Bertz CT molecular complexity index is 620. The van der Waals surface area contributed by atoms with Crippen LogP contribution < -0.4 is 10.0 Å². The lowest BCUT2D eigenvalue weighted by Gasteiger charge is -2.22. The number of hydrogen-bond acceptors (Lipinski definition) is 3. The van der Waals surface area contributed by atoms with Crippen LogP contribution in [0, 0.1) is 0 Å². The predicted octanol–water partition coefficient (Wildman–Crippen LogP) is 1.68. The predicted molar refractivity (Wildman–Crippen MR) is 96.4 cm³/mol. The number of hydrogen-bond donors (Lipinski definition) is 2. The highest BCUT2D eigenvalue weighted by molar-refractivity contribution is 7.89. The van der Waals surface area contributed by atoms with Crippen LogP contribution in [0.4, 0.5) is 0 Å². The van der Waals surface area contributed by atoms with E-state index in [9.17, 15) is 8.42 Å². The minimum absolute atomic E-state index is 0.0749. The van der Waals surface area contributed by atoms with Crippen molar-refractivity contribution in [2.24, 2.45) is 4.99 Å². The molecule has 0 spiro atoms. The fourth-order valence-corrected chi connectivity index (χ4v) is 2.74. The molecule has 0 saturated carbocycles. The zero-order valence-corrected chi connectivity index (χ0v) is 15.4. The average Bonchev–Trinajstić information content (AvgIpc) is 2.50. The second kappa shape index (κ2) is 9.75. The largest absolute Gasteiger partial charge is 0.357 e. The van der Waals surface area contributed by atoms with E-state index in [1.54, 1.807) is 6.92 Å². The van der Waals surface area contributed by atoms with Crippen molar-refractivity contribution in [1.82, 2.24) is 14.9 Å². The molecule has 0 aliphatic heterocycles. The van der Waals surface area contributed by atoms with Gasteiger partial charge in [-0.3, -0.25) is 4.99 Å². The third-order valence-electron chi connectivity index (χ3n) is 3.08. The first kappa shape index (κ1) is 19.7. The van der Waals surface area contributed by atoms with Gasteiger partial charge in [-0.15, -0.1) is 0 Å². The number of rotatable bonds is 8. The fraction of sp³-hybridized carbons (Fsp3) is 0.533. The molecule has 1 aromatic carbocycles. The molecule has 6 nitrogen and oxygen atoms in total. The van der Waals surface area contributed by atoms with Crippen LogP contribution in [0.15, 0.2) is 29.3 Å². The van der Waals surface area contributed by atoms with Crippen LogP contribution in [0.25, 0.3) is 0 Å². The molecule has 0 atom stereocenters. The minimum Gasteiger partial charge on any atom is -0.357 e. The summed E-state index contributed by atoms with van der Waals surface area (Å²) in [6.07, 6.45) is 0. The number of benzene rings is 1. The van der Waals surface area contributed by atoms with Gasteiger partial charge in [0.2, 0.25) is 10.0 Å². The van der Waals surface area contributed by atoms with E-state index in [4.69, 9.17) is 11.6 Å². The van der Waals surface area contributed by atoms with Gasteiger partial charge in [0.25, 0.3) is 0 Å². The highest BCUT2D eigenvalue weighted by atomic mass is 35.5. The molecule has 0 fully saturated rings. The number of guanidine groups is 1. The summed E-state index contributed by atoms with van der Waals surface area (Å²) in [5.74, 6) is 0.800. The Labute approximate surface area is 144 Å². The Morgan fingerprint density at radius 1 is 1.35 bits per heavy atom. The molecule has 2 N–H and O–H groups in total. The third-order valence-corrected chi connectivity index (χ3v) is 4.72. The van der Waals surface area contributed by atoms with Crippen molar-refractivity contribution in [3.05, 3.63) is 34.9 Å². The van der Waals surface area contributed by atoms with Crippen LogP contribution in [-0.2, 0) is 16.6 Å². The summed E-state index contributed by atoms with van der Waals surface area (Å²) in [4.78, 5) is 6.42. The monoisotopic (exact) mass is 360 g/mol. The average molecular weight is 361 g/mol. The topological polar surface area (TPSA) is 73.8 Å². The first-order chi connectivity index (χ1) is 10.9.